The van der Waals surface area contributed by atoms with E-state index in [1.54, 1.807) is 54.6 Å². The maximum atomic E-state index is 13.6. The maximum Gasteiger partial charge on any atom is 0.264 e. The monoisotopic (exact) mass is 561 g/mol. The van der Waals surface area contributed by atoms with Gasteiger partial charge in [0.05, 0.1) is 32.9 Å². The van der Waals surface area contributed by atoms with Crippen molar-refractivity contribution in [2.75, 3.05) is 16.2 Å². The van der Waals surface area contributed by atoms with Crippen LogP contribution < -0.4 is 14.9 Å². The molecule has 0 saturated heterocycles. The number of anilines is 2. The van der Waals surface area contributed by atoms with Crippen molar-refractivity contribution in [2.45, 2.75) is 24.8 Å². The molecule has 0 saturated carbocycles. The molecule has 4 rings (SSSR count). The predicted molar refractivity (Wildman–Crippen MR) is 155 cm³/mol. The van der Waals surface area contributed by atoms with Crippen LogP contribution in [0.1, 0.15) is 34.5 Å². The van der Waals surface area contributed by atoms with Gasteiger partial charge in [-0.2, -0.15) is 0 Å². The van der Waals surface area contributed by atoms with Crippen LogP contribution in [-0.4, -0.2) is 26.8 Å². The molecule has 1 atom stereocenters. The molecule has 0 aliphatic rings. The van der Waals surface area contributed by atoms with E-state index in [2.05, 4.69) is 10.6 Å². The number of halogens is 1. The van der Waals surface area contributed by atoms with Crippen molar-refractivity contribution in [2.24, 2.45) is 0 Å². The van der Waals surface area contributed by atoms with Crippen molar-refractivity contribution in [1.82, 2.24) is 5.32 Å². The summed E-state index contributed by atoms with van der Waals surface area (Å²) in [5.74, 6) is -1.01. The molecule has 0 unspecified atom stereocenters. The molecule has 0 heterocycles. The Labute approximate surface area is 233 Å². The number of amides is 2. The first-order valence-electron chi connectivity index (χ1n) is 12.3. The molecule has 0 fully saturated rings. The van der Waals surface area contributed by atoms with Crippen LogP contribution in [0.3, 0.4) is 0 Å². The van der Waals surface area contributed by atoms with Crippen molar-refractivity contribution < 1.29 is 18.0 Å². The van der Waals surface area contributed by atoms with Crippen LogP contribution in [0.25, 0.3) is 0 Å². The Hall–Kier alpha value is -4.14. The third kappa shape index (κ3) is 6.66. The van der Waals surface area contributed by atoms with Gasteiger partial charge in [-0.25, -0.2) is 8.42 Å². The normalized spacial score (nSPS) is 11.9. The molecule has 200 valence electrons. The number of carbonyl (C=O) groups excluding carboxylic acids is 2. The lowest BCUT2D eigenvalue weighted by Crippen LogP contribution is -2.38. The highest BCUT2D eigenvalue weighted by Crippen LogP contribution is 2.30. The van der Waals surface area contributed by atoms with E-state index in [9.17, 15) is 18.0 Å². The van der Waals surface area contributed by atoms with Gasteiger partial charge in [0.1, 0.15) is 6.54 Å². The zero-order chi connectivity index (χ0) is 28.0. The number of nitrogens with one attached hydrogen (secondary N) is 2. The van der Waals surface area contributed by atoms with Gasteiger partial charge in [0.25, 0.3) is 15.9 Å². The first-order valence-corrected chi connectivity index (χ1v) is 14.1. The van der Waals surface area contributed by atoms with Gasteiger partial charge in [-0.1, -0.05) is 83.9 Å². The first-order chi connectivity index (χ1) is 18.7. The second-order valence-electron chi connectivity index (χ2n) is 8.98. The second kappa shape index (κ2) is 12.1. The van der Waals surface area contributed by atoms with E-state index in [1.165, 1.54) is 18.2 Å². The molecule has 2 amide bonds. The van der Waals surface area contributed by atoms with Crippen LogP contribution in [0, 0.1) is 6.92 Å². The molecule has 0 aliphatic carbocycles. The molecule has 0 bridgehead atoms. The van der Waals surface area contributed by atoms with E-state index in [0.29, 0.717) is 0 Å². The minimum Gasteiger partial charge on any atom is -0.345 e. The molecule has 4 aromatic carbocycles. The average molecular weight is 562 g/mol. The van der Waals surface area contributed by atoms with Crippen LogP contribution in [0.4, 0.5) is 11.4 Å². The van der Waals surface area contributed by atoms with Crippen LogP contribution in [0.5, 0.6) is 0 Å². The smallest absolute Gasteiger partial charge is 0.264 e. The minimum absolute atomic E-state index is 0.0236. The zero-order valence-electron chi connectivity index (χ0n) is 21.5. The van der Waals surface area contributed by atoms with Crippen LogP contribution in [0.2, 0.25) is 5.02 Å². The maximum absolute atomic E-state index is 13.6. The number of carbonyl (C=O) groups is 2. The summed E-state index contributed by atoms with van der Waals surface area (Å²) in [5, 5.41) is 5.82. The lowest BCUT2D eigenvalue weighted by Gasteiger charge is -2.25. The SMILES string of the molecule is Cc1ccc(S(=O)(=O)N(CC(=O)Nc2ccccc2C(=O)N[C@@H](C)c2ccccc2)c2ccccc2Cl)cc1. The van der Waals surface area contributed by atoms with E-state index in [1.807, 2.05) is 44.2 Å². The summed E-state index contributed by atoms with van der Waals surface area (Å²) in [6, 6.07) is 28.5. The molecule has 39 heavy (non-hydrogen) atoms. The third-order valence-electron chi connectivity index (χ3n) is 6.11. The predicted octanol–water partition coefficient (Wildman–Crippen LogP) is 5.97. The van der Waals surface area contributed by atoms with Gasteiger partial charge in [0.2, 0.25) is 5.91 Å². The van der Waals surface area contributed by atoms with Crippen LogP contribution in [0.15, 0.2) is 108 Å². The van der Waals surface area contributed by atoms with Crippen molar-refractivity contribution in [3.63, 3.8) is 0 Å². The van der Waals surface area contributed by atoms with Crippen molar-refractivity contribution in [1.29, 1.82) is 0 Å². The Morgan fingerprint density at radius 1 is 0.846 bits per heavy atom. The number of benzene rings is 4. The lowest BCUT2D eigenvalue weighted by molar-refractivity contribution is -0.114. The fraction of sp³-hybridized carbons (Fsp3) is 0.133. The topological polar surface area (TPSA) is 95.6 Å². The number of sulfonamides is 1. The quantitative estimate of drug-likeness (QED) is 0.263. The molecule has 0 aromatic heterocycles. The second-order valence-corrected chi connectivity index (χ2v) is 11.2. The van der Waals surface area contributed by atoms with E-state index in [4.69, 9.17) is 11.6 Å². The molecular weight excluding hydrogens is 534 g/mol. The summed E-state index contributed by atoms with van der Waals surface area (Å²) >= 11 is 6.36. The molecular formula is C30H28ClN3O4S. The number of para-hydroxylation sites is 2. The summed E-state index contributed by atoms with van der Waals surface area (Å²) < 4.78 is 28.2. The number of aryl methyl sites for hydroxylation is 1. The highest BCUT2D eigenvalue weighted by Gasteiger charge is 2.29. The summed E-state index contributed by atoms with van der Waals surface area (Å²) in [6.07, 6.45) is 0. The zero-order valence-corrected chi connectivity index (χ0v) is 23.0. The molecule has 7 nitrogen and oxygen atoms in total. The number of hydrogen-bond donors (Lipinski definition) is 2. The highest BCUT2D eigenvalue weighted by molar-refractivity contribution is 7.92. The van der Waals surface area contributed by atoms with E-state index < -0.39 is 22.5 Å². The van der Waals surface area contributed by atoms with Gasteiger partial charge in [-0.15, -0.1) is 0 Å². The van der Waals surface area contributed by atoms with Gasteiger partial charge in [-0.05, 0) is 55.8 Å². The summed E-state index contributed by atoms with van der Waals surface area (Å²) in [6.45, 7) is 3.16. The Morgan fingerprint density at radius 2 is 1.46 bits per heavy atom. The molecule has 0 radical (unpaired) electrons. The standard InChI is InChI=1S/C30H28ClN3O4S/c1-21-16-18-24(19-17-21)39(37,38)34(28-15-9-7-13-26(28)31)20-29(35)33-27-14-8-6-12-25(27)30(36)32-22(2)23-10-4-3-5-11-23/h3-19,22H,20H2,1-2H3,(H,32,36)(H,33,35)/t22-/m0/s1. The Balaban J connectivity index is 1.59. The summed E-state index contributed by atoms with van der Waals surface area (Å²) in [7, 11) is -4.14. The molecule has 0 aliphatic heterocycles. The summed E-state index contributed by atoms with van der Waals surface area (Å²) in [4.78, 5) is 26.4. The van der Waals surface area contributed by atoms with Crippen LogP contribution in [-0.2, 0) is 14.8 Å². The minimum atomic E-state index is -4.14. The number of rotatable bonds is 9. The van der Waals surface area contributed by atoms with Crippen molar-refractivity contribution in [3.05, 3.63) is 125 Å². The van der Waals surface area contributed by atoms with Crippen molar-refractivity contribution >= 4 is 44.8 Å². The van der Waals surface area contributed by atoms with Crippen LogP contribution >= 0.6 is 11.6 Å². The molecule has 2 N–H and O–H groups in total. The Bertz CT molecular complexity index is 1580. The third-order valence-corrected chi connectivity index (χ3v) is 8.20. The average Bonchev–Trinajstić information content (AvgIpc) is 2.93. The van der Waals surface area contributed by atoms with Gasteiger partial charge < -0.3 is 10.6 Å². The van der Waals surface area contributed by atoms with Gasteiger partial charge >= 0.3 is 0 Å². The van der Waals surface area contributed by atoms with Crippen molar-refractivity contribution in [3.8, 4) is 0 Å². The summed E-state index contributed by atoms with van der Waals surface area (Å²) in [5.41, 5.74) is 2.50. The largest absolute Gasteiger partial charge is 0.345 e. The molecule has 9 heteroatoms. The number of hydrogen-bond acceptors (Lipinski definition) is 4. The fourth-order valence-corrected chi connectivity index (χ4v) is 5.73. The van der Waals surface area contributed by atoms with Gasteiger partial charge in [0.15, 0.2) is 0 Å². The van der Waals surface area contributed by atoms with E-state index in [-0.39, 0.29) is 38.8 Å². The first kappa shape index (κ1) is 27.9. The number of nitrogens with zero attached hydrogens (tertiary/aromatic N) is 1. The highest BCUT2D eigenvalue weighted by atomic mass is 35.5. The lowest BCUT2D eigenvalue weighted by atomic mass is 10.1. The van der Waals surface area contributed by atoms with Gasteiger partial charge in [-0.3, -0.25) is 13.9 Å². The van der Waals surface area contributed by atoms with E-state index >= 15 is 0 Å². The van der Waals surface area contributed by atoms with E-state index in [0.717, 1.165) is 15.4 Å². The molecule has 4 aromatic rings. The Morgan fingerprint density at radius 3 is 2.15 bits per heavy atom. The van der Waals surface area contributed by atoms with Gasteiger partial charge in [0, 0.05) is 0 Å². The molecule has 0 spiro atoms. The Kier molecular flexibility index (Phi) is 8.69. The fourth-order valence-electron chi connectivity index (χ4n) is 4.00.